The topological polar surface area (TPSA) is 36.9 Å². The van der Waals surface area contributed by atoms with E-state index in [0.29, 0.717) is 6.61 Å². The van der Waals surface area contributed by atoms with Gasteiger partial charge in [0.2, 0.25) is 0 Å². The molecular weight excluding hydrogens is 220 g/mol. The molecule has 0 saturated carbocycles. The highest BCUT2D eigenvalue weighted by atomic mass is 16.7. The molecule has 1 fully saturated rings. The fraction of sp³-hybridized carbons (Fsp3) is 0.538. The predicted molar refractivity (Wildman–Crippen MR) is 63.4 cm³/mol. The fourth-order valence-corrected chi connectivity index (χ4v) is 1.84. The monoisotopic (exact) mass is 238 g/mol. The van der Waals surface area contributed by atoms with E-state index in [1.807, 2.05) is 25.1 Å². The molecule has 1 aliphatic rings. The van der Waals surface area contributed by atoms with Crippen LogP contribution < -0.4 is 9.47 Å². The predicted octanol–water partition coefficient (Wildman–Crippen LogP) is 2.53. The molecule has 17 heavy (non-hydrogen) atoms. The van der Waals surface area contributed by atoms with E-state index in [9.17, 15) is 0 Å². The SMILES string of the molecule is COc1ccc(C2OCCC(C)O2)c(OC)c1. The van der Waals surface area contributed by atoms with E-state index in [1.54, 1.807) is 14.2 Å². The van der Waals surface area contributed by atoms with Crippen LogP contribution in [0.15, 0.2) is 18.2 Å². The normalized spacial score (nSPS) is 24.4. The van der Waals surface area contributed by atoms with Gasteiger partial charge in [0, 0.05) is 11.6 Å². The summed E-state index contributed by atoms with van der Waals surface area (Å²) in [5.74, 6) is 1.48. The molecule has 1 saturated heterocycles. The van der Waals surface area contributed by atoms with Crippen molar-refractivity contribution in [3.8, 4) is 11.5 Å². The van der Waals surface area contributed by atoms with Crippen molar-refractivity contribution < 1.29 is 18.9 Å². The van der Waals surface area contributed by atoms with Gasteiger partial charge in [0.15, 0.2) is 6.29 Å². The van der Waals surface area contributed by atoms with Crippen LogP contribution in [-0.4, -0.2) is 26.9 Å². The lowest BCUT2D eigenvalue weighted by Crippen LogP contribution is -2.24. The Labute approximate surface area is 101 Å². The maximum absolute atomic E-state index is 5.75. The molecule has 0 aliphatic carbocycles. The van der Waals surface area contributed by atoms with Gasteiger partial charge in [-0.2, -0.15) is 0 Å². The Morgan fingerprint density at radius 2 is 2.06 bits per heavy atom. The Morgan fingerprint density at radius 1 is 1.24 bits per heavy atom. The highest BCUT2D eigenvalue weighted by Crippen LogP contribution is 2.34. The molecule has 4 heteroatoms. The molecule has 1 aromatic rings. The lowest BCUT2D eigenvalue weighted by molar-refractivity contribution is -0.212. The minimum absolute atomic E-state index is 0.209. The molecule has 2 atom stereocenters. The van der Waals surface area contributed by atoms with Gasteiger partial charge in [0.25, 0.3) is 0 Å². The summed E-state index contributed by atoms with van der Waals surface area (Å²) in [4.78, 5) is 0. The molecule has 1 aromatic carbocycles. The lowest BCUT2D eigenvalue weighted by atomic mass is 10.1. The minimum Gasteiger partial charge on any atom is -0.497 e. The Kier molecular flexibility index (Phi) is 3.86. The highest BCUT2D eigenvalue weighted by molar-refractivity contribution is 5.41. The first-order valence-corrected chi connectivity index (χ1v) is 5.73. The molecule has 1 aliphatic heterocycles. The van der Waals surface area contributed by atoms with Crippen molar-refractivity contribution in [1.29, 1.82) is 0 Å². The van der Waals surface area contributed by atoms with Crippen LogP contribution in [0.25, 0.3) is 0 Å². The molecule has 94 valence electrons. The van der Waals surface area contributed by atoms with Crippen LogP contribution >= 0.6 is 0 Å². The van der Waals surface area contributed by atoms with E-state index in [1.165, 1.54) is 0 Å². The molecule has 0 aromatic heterocycles. The maximum atomic E-state index is 5.75. The summed E-state index contributed by atoms with van der Waals surface area (Å²) in [6.45, 7) is 2.76. The van der Waals surface area contributed by atoms with E-state index < -0.39 is 0 Å². The van der Waals surface area contributed by atoms with Crippen LogP contribution in [0.4, 0.5) is 0 Å². The zero-order valence-electron chi connectivity index (χ0n) is 10.4. The first-order chi connectivity index (χ1) is 8.24. The Bertz CT molecular complexity index is 378. The molecule has 2 unspecified atom stereocenters. The molecule has 4 nitrogen and oxygen atoms in total. The van der Waals surface area contributed by atoms with Crippen molar-refractivity contribution >= 4 is 0 Å². The van der Waals surface area contributed by atoms with Crippen LogP contribution in [0.5, 0.6) is 11.5 Å². The van der Waals surface area contributed by atoms with Gasteiger partial charge in [-0.3, -0.25) is 0 Å². The van der Waals surface area contributed by atoms with Crippen molar-refractivity contribution in [1.82, 2.24) is 0 Å². The van der Waals surface area contributed by atoms with Crippen molar-refractivity contribution in [3.63, 3.8) is 0 Å². The Hall–Kier alpha value is -1.26. The molecule has 0 radical (unpaired) electrons. The second-order valence-corrected chi connectivity index (χ2v) is 4.05. The second kappa shape index (κ2) is 5.38. The van der Waals surface area contributed by atoms with Crippen molar-refractivity contribution in [3.05, 3.63) is 23.8 Å². The van der Waals surface area contributed by atoms with Crippen LogP contribution in [-0.2, 0) is 9.47 Å². The maximum Gasteiger partial charge on any atom is 0.187 e. The van der Waals surface area contributed by atoms with Crippen LogP contribution in [0.3, 0.4) is 0 Å². The van der Waals surface area contributed by atoms with Crippen molar-refractivity contribution in [2.45, 2.75) is 25.7 Å². The number of rotatable bonds is 3. The second-order valence-electron chi connectivity index (χ2n) is 4.05. The molecule has 0 spiro atoms. The Balaban J connectivity index is 2.24. The third-order valence-electron chi connectivity index (χ3n) is 2.84. The third-order valence-corrected chi connectivity index (χ3v) is 2.84. The molecule has 0 amide bonds. The summed E-state index contributed by atoms with van der Waals surface area (Å²) in [6.07, 6.45) is 0.787. The zero-order chi connectivity index (χ0) is 12.3. The molecule has 0 bridgehead atoms. The summed E-state index contributed by atoms with van der Waals surface area (Å²) in [5.41, 5.74) is 0.903. The number of benzene rings is 1. The molecule has 2 rings (SSSR count). The summed E-state index contributed by atoms with van der Waals surface area (Å²) in [6, 6.07) is 5.63. The summed E-state index contributed by atoms with van der Waals surface area (Å²) >= 11 is 0. The van der Waals surface area contributed by atoms with Gasteiger partial charge in [-0.15, -0.1) is 0 Å². The Morgan fingerprint density at radius 3 is 2.71 bits per heavy atom. The first kappa shape index (κ1) is 12.2. The lowest BCUT2D eigenvalue weighted by Gasteiger charge is -2.29. The number of methoxy groups -OCH3 is 2. The smallest absolute Gasteiger partial charge is 0.187 e. The number of hydrogen-bond donors (Lipinski definition) is 0. The number of hydrogen-bond acceptors (Lipinski definition) is 4. The van der Waals surface area contributed by atoms with E-state index >= 15 is 0 Å². The van der Waals surface area contributed by atoms with Gasteiger partial charge in [0.1, 0.15) is 11.5 Å². The van der Waals surface area contributed by atoms with Crippen molar-refractivity contribution in [2.75, 3.05) is 20.8 Å². The molecule has 1 heterocycles. The first-order valence-electron chi connectivity index (χ1n) is 5.73. The zero-order valence-corrected chi connectivity index (χ0v) is 10.4. The highest BCUT2D eigenvalue weighted by Gasteiger charge is 2.24. The van der Waals surface area contributed by atoms with Crippen LogP contribution in [0, 0.1) is 0 Å². The van der Waals surface area contributed by atoms with E-state index in [0.717, 1.165) is 23.5 Å². The number of ether oxygens (including phenoxy) is 4. The van der Waals surface area contributed by atoms with Gasteiger partial charge >= 0.3 is 0 Å². The fourth-order valence-electron chi connectivity index (χ4n) is 1.84. The van der Waals surface area contributed by atoms with Gasteiger partial charge in [-0.1, -0.05) is 0 Å². The van der Waals surface area contributed by atoms with Gasteiger partial charge in [-0.25, -0.2) is 0 Å². The largest absolute Gasteiger partial charge is 0.497 e. The average Bonchev–Trinajstić information content (AvgIpc) is 2.38. The summed E-state index contributed by atoms with van der Waals surface area (Å²) in [5, 5.41) is 0. The molecule has 0 N–H and O–H groups in total. The van der Waals surface area contributed by atoms with Crippen LogP contribution in [0.2, 0.25) is 0 Å². The van der Waals surface area contributed by atoms with E-state index in [2.05, 4.69) is 0 Å². The van der Waals surface area contributed by atoms with Gasteiger partial charge in [-0.05, 0) is 25.5 Å². The van der Waals surface area contributed by atoms with Gasteiger partial charge in [0.05, 0.1) is 26.9 Å². The van der Waals surface area contributed by atoms with E-state index in [-0.39, 0.29) is 12.4 Å². The van der Waals surface area contributed by atoms with Gasteiger partial charge < -0.3 is 18.9 Å². The van der Waals surface area contributed by atoms with Crippen molar-refractivity contribution in [2.24, 2.45) is 0 Å². The third kappa shape index (κ3) is 2.70. The average molecular weight is 238 g/mol. The van der Waals surface area contributed by atoms with Crippen LogP contribution in [0.1, 0.15) is 25.2 Å². The minimum atomic E-state index is -0.348. The summed E-state index contributed by atoms with van der Waals surface area (Å²) in [7, 11) is 3.26. The van der Waals surface area contributed by atoms with E-state index in [4.69, 9.17) is 18.9 Å². The molecular formula is C13H18O4. The quantitative estimate of drug-likeness (QED) is 0.810. The summed E-state index contributed by atoms with van der Waals surface area (Å²) < 4.78 is 21.8. The standard InChI is InChI=1S/C13H18O4/c1-9-6-7-16-13(17-9)11-5-4-10(14-2)8-12(11)15-3/h4-5,8-9,13H,6-7H2,1-3H3.